The van der Waals surface area contributed by atoms with Crippen molar-refractivity contribution in [1.82, 2.24) is 9.80 Å². The predicted molar refractivity (Wildman–Crippen MR) is 79.6 cm³/mol. The van der Waals surface area contributed by atoms with Gasteiger partial charge < -0.3 is 15.3 Å². The van der Waals surface area contributed by atoms with Gasteiger partial charge in [0.1, 0.15) is 5.82 Å². The molecule has 1 heterocycles. The van der Waals surface area contributed by atoms with E-state index in [1.807, 2.05) is 0 Å². The maximum absolute atomic E-state index is 12.8. The number of hydrogen-bond donors (Lipinski definition) is 2. The van der Waals surface area contributed by atoms with Crippen molar-refractivity contribution in [1.29, 1.82) is 0 Å². The molecule has 0 bridgehead atoms. The fourth-order valence-corrected chi connectivity index (χ4v) is 2.40. The molecule has 1 amide bonds. The summed E-state index contributed by atoms with van der Waals surface area (Å²) in [5.41, 5.74) is 0.614. The lowest BCUT2D eigenvalue weighted by molar-refractivity contribution is -0.117. The summed E-state index contributed by atoms with van der Waals surface area (Å²) in [5.74, 6) is -0.391. The highest BCUT2D eigenvalue weighted by atomic mass is 19.1. The minimum Gasteiger partial charge on any atom is -0.396 e. The first-order valence-corrected chi connectivity index (χ1v) is 7.28. The van der Waals surface area contributed by atoms with Crippen LogP contribution >= 0.6 is 0 Å². The van der Waals surface area contributed by atoms with E-state index in [0.717, 1.165) is 39.1 Å². The molecular weight excluding hydrogens is 273 g/mol. The Morgan fingerprint density at radius 3 is 2.38 bits per heavy atom. The molecule has 1 fully saturated rings. The summed E-state index contributed by atoms with van der Waals surface area (Å²) in [5, 5.41) is 11.6. The van der Waals surface area contributed by atoms with Crippen molar-refractivity contribution < 1.29 is 14.3 Å². The number of piperazine rings is 1. The Bertz CT molecular complexity index is 445. The lowest BCUT2D eigenvalue weighted by atomic mass is 10.2. The predicted octanol–water partition coefficient (Wildman–Crippen LogP) is 0.764. The van der Waals surface area contributed by atoms with Gasteiger partial charge in [-0.05, 0) is 30.7 Å². The zero-order chi connectivity index (χ0) is 15.1. The molecule has 1 aliphatic heterocycles. The summed E-state index contributed by atoms with van der Waals surface area (Å²) in [4.78, 5) is 16.3. The molecule has 0 aromatic heterocycles. The zero-order valence-corrected chi connectivity index (χ0v) is 12.1. The summed E-state index contributed by atoms with van der Waals surface area (Å²) in [6.07, 6.45) is 0.797. The first kappa shape index (κ1) is 15.9. The molecule has 1 aromatic carbocycles. The third-order valence-electron chi connectivity index (χ3n) is 3.59. The number of rotatable bonds is 6. The molecular formula is C15H22FN3O2. The highest BCUT2D eigenvalue weighted by molar-refractivity contribution is 5.92. The van der Waals surface area contributed by atoms with Crippen molar-refractivity contribution in [3.8, 4) is 0 Å². The van der Waals surface area contributed by atoms with Crippen LogP contribution in [0.15, 0.2) is 24.3 Å². The number of amides is 1. The van der Waals surface area contributed by atoms with Crippen LogP contribution in [-0.2, 0) is 4.79 Å². The summed E-state index contributed by atoms with van der Waals surface area (Å²) < 4.78 is 12.8. The third kappa shape index (κ3) is 5.41. The Balaban J connectivity index is 1.70. The number of aliphatic hydroxyl groups is 1. The summed E-state index contributed by atoms with van der Waals surface area (Å²) in [6.45, 7) is 5.02. The van der Waals surface area contributed by atoms with Crippen molar-refractivity contribution in [2.75, 3.05) is 51.2 Å². The van der Waals surface area contributed by atoms with Gasteiger partial charge in [-0.25, -0.2) is 4.39 Å². The lowest BCUT2D eigenvalue weighted by Crippen LogP contribution is -2.48. The van der Waals surface area contributed by atoms with Gasteiger partial charge in [0.25, 0.3) is 0 Å². The Hall–Kier alpha value is -1.50. The lowest BCUT2D eigenvalue weighted by Gasteiger charge is -2.34. The van der Waals surface area contributed by atoms with E-state index >= 15 is 0 Å². The van der Waals surface area contributed by atoms with Gasteiger partial charge in [-0.2, -0.15) is 0 Å². The molecule has 21 heavy (non-hydrogen) atoms. The van der Waals surface area contributed by atoms with E-state index in [1.54, 1.807) is 12.1 Å². The Kier molecular flexibility index (Phi) is 6.10. The summed E-state index contributed by atoms with van der Waals surface area (Å²) in [6, 6.07) is 5.77. The summed E-state index contributed by atoms with van der Waals surface area (Å²) in [7, 11) is 0. The molecule has 0 aliphatic carbocycles. The average Bonchev–Trinajstić information content (AvgIpc) is 2.49. The third-order valence-corrected chi connectivity index (χ3v) is 3.59. The molecule has 6 heteroatoms. The molecule has 0 unspecified atom stereocenters. The Morgan fingerprint density at radius 1 is 1.14 bits per heavy atom. The van der Waals surface area contributed by atoms with Crippen LogP contribution in [0.2, 0.25) is 0 Å². The molecule has 116 valence electrons. The van der Waals surface area contributed by atoms with Gasteiger partial charge in [-0.3, -0.25) is 9.69 Å². The number of nitrogens with one attached hydrogen (secondary N) is 1. The first-order valence-electron chi connectivity index (χ1n) is 7.28. The minimum atomic E-state index is -0.313. The quantitative estimate of drug-likeness (QED) is 0.814. The van der Waals surface area contributed by atoms with Crippen molar-refractivity contribution in [2.24, 2.45) is 0 Å². The molecule has 2 rings (SSSR count). The van der Waals surface area contributed by atoms with Crippen molar-refractivity contribution in [3.63, 3.8) is 0 Å². The minimum absolute atomic E-state index is 0.0783. The molecule has 1 saturated heterocycles. The molecule has 0 spiro atoms. The normalized spacial score (nSPS) is 16.9. The number of carbonyl (C=O) groups excluding carboxylic acids is 1. The number of aliphatic hydroxyl groups excluding tert-OH is 1. The molecule has 0 radical (unpaired) electrons. The van der Waals surface area contributed by atoms with Gasteiger partial charge >= 0.3 is 0 Å². The van der Waals surface area contributed by atoms with Crippen molar-refractivity contribution in [3.05, 3.63) is 30.1 Å². The van der Waals surface area contributed by atoms with E-state index in [2.05, 4.69) is 15.1 Å². The van der Waals surface area contributed by atoms with E-state index in [1.165, 1.54) is 12.1 Å². The standard InChI is InChI=1S/C15H22FN3O2/c16-13-2-4-14(5-3-13)17-15(21)12-19-9-7-18(8-10-19)6-1-11-20/h2-5,20H,1,6-12H2,(H,17,21). The van der Waals surface area contributed by atoms with Crippen LogP contribution in [0, 0.1) is 5.82 Å². The fraction of sp³-hybridized carbons (Fsp3) is 0.533. The maximum Gasteiger partial charge on any atom is 0.238 e. The van der Waals surface area contributed by atoms with E-state index in [-0.39, 0.29) is 18.3 Å². The second kappa shape index (κ2) is 8.07. The Labute approximate surface area is 124 Å². The monoisotopic (exact) mass is 295 g/mol. The number of carbonyl (C=O) groups is 1. The van der Waals surface area contributed by atoms with Gasteiger partial charge in [0.05, 0.1) is 6.54 Å². The highest BCUT2D eigenvalue weighted by Crippen LogP contribution is 2.09. The van der Waals surface area contributed by atoms with Crippen LogP contribution in [0.5, 0.6) is 0 Å². The topological polar surface area (TPSA) is 55.8 Å². The van der Waals surface area contributed by atoms with Crippen molar-refractivity contribution in [2.45, 2.75) is 6.42 Å². The molecule has 2 N–H and O–H groups in total. The van der Waals surface area contributed by atoms with Crippen molar-refractivity contribution >= 4 is 11.6 Å². The molecule has 1 aromatic rings. The van der Waals surface area contributed by atoms with Crippen LogP contribution < -0.4 is 5.32 Å². The van der Waals surface area contributed by atoms with E-state index in [4.69, 9.17) is 5.11 Å². The average molecular weight is 295 g/mol. The van der Waals surface area contributed by atoms with Crippen LogP contribution in [0.25, 0.3) is 0 Å². The smallest absolute Gasteiger partial charge is 0.238 e. The number of nitrogens with zero attached hydrogens (tertiary/aromatic N) is 2. The zero-order valence-electron chi connectivity index (χ0n) is 12.1. The Morgan fingerprint density at radius 2 is 1.76 bits per heavy atom. The van der Waals surface area contributed by atoms with Gasteiger partial charge in [-0.15, -0.1) is 0 Å². The number of hydrogen-bond acceptors (Lipinski definition) is 4. The van der Waals surface area contributed by atoms with Gasteiger partial charge in [0.15, 0.2) is 0 Å². The molecule has 0 atom stereocenters. The van der Waals surface area contributed by atoms with Crippen LogP contribution in [0.4, 0.5) is 10.1 Å². The molecule has 5 nitrogen and oxygen atoms in total. The first-order chi connectivity index (χ1) is 10.2. The molecule has 1 aliphatic rings. The van der Waals surface area contributed by atoms with Gasteiger partial charge in [-0.1, -0.05) is 0 Å². The molecule has 0 saturated carbocycles. The van der Waals surface area contributed by atoms with Gasteiger partial charge in [0.2, 0.25) is 5.91 Å². The van der Waals surface area contributed by atoms with E-state index < -0.39 is 0 Å². The second-order valence-electron chi connectivity index (χ2n) is 5.25. The number of halogens is 1. The van der Waals surface area contributed by atoms with Gasteiger partial charge in [0, 0.05) is 45.0 Å². The van der Waals surface area contributed by atoms with Crippen LogP contribution in [0.1, 0.15) is 6.42 Å². The maximum atomic E-state index is 12.8. The number of benzene rings is 1. The van der Waals surface area contributed by atoms with E-state index in [9.17, 15) is 9.18 Å². The summed E-state index contributed by atoms with van der Waals surface area (Å²) >= 11 is 0. The SMILES string of the molecule is O=C(CN1CCN(CCCO)CC1)Nc1ccc(F)cc1. The van der Waals surface area contributed by atoms with Crippen LogP contribution in [-0.4, -0.2) is 66.7 Å². The fourth-order valence-electron chi connectivity index (χ4n) is 2.40. The largest absolute Gasteiger partial charge is 0.396 e. The van der Waals surface area contributed by atoms with E-state index in [0.29, 0.717) is 12.2 Å². The highest BCUT2D eigenvalue weighted by Gasteiger charge is 2.18. The second-order valence-corrected chi connectivity index (χ2v) is 5.25. The van der Waals surface area contributed by atoms with Crippen LogP contribution in [0.3, 0.4) is 0 Å². The number of anilines is 1.